The molecule has 4 nitrogen and oxygen atoms in total. The van der Waals surface area contributed by atoms with Crippen molar-refractivity contribution in [2.75, 3.05) is 0 Å². The Labute approximate surface area is 158 Å². The van der Waals surface area contributed by atoms with Gasteiger partial charge in [-0.1, -0.05) is 12.1 Å². The van der Waals surface area contributed by atoms with Gasteiger partial charge < -0.3 is 14.8 Å². The van der Waals surface area contributed by atoms with Crippen LogP contribution in [0.2, 0.25) is 0 Å². The van der Waals surface area contributed by atoms with Gasteiger partial charge >= 0.3 is 0 Å². The van der Waals surface area contributed by atoms with E-state index < -0.39 is 11.7 Å². The third-order valence-corrected chi connectivity index (χ3v) is 7.89. The molecule has 27 heavy (non-hydrogen) atoms. The molecule has 1 aliphatic heterocycles. The smallest absolute Gasteiger partial charge is 0.129 e. The number of rotatable bonds is 3. The standard InChI is InChI=1S/C22H25FN2O2/c23-16-3-1-2-15-18-10-24-12-25(18)17(20(15)16)5-19(26)21-6-13-4-14(7-21)9-22(27,8-13)11-21/h1-3,10,12-14,17,19,26-27H,4-9,11H2/t13?,14?,17-,19+,21?,22?/m1/s1. The first-order chi connectivity index (χ1) is 13.0. The fourth-order valence-electron chi connectivity index (χ4n) is 7.37. The predicted octanol–water partition coefficient (Wildman–Crippen LogP) is 3.67. The van der Waals surface area contributed by atoms with E-state index in [9.17, 15) is 14.6 Å². The van der Waals surface area contributed by atoms with Crippen molar-refractivity contribution in [1.29, 1.82) is 0 Å². The van der Waals surface area contributed by atoms with E-state index in [1.807, 2.05) is 10.6 Å². The molecular weight excluding hydrogens is 343 g/mol. The Morgan fingerprint density at radius 2 is 2.00 bits per heavy atom. The summed E-state index contributed by atoms with van der Waals surface area (Å²) in [5.74, 6) is 0.849. The van der Waals surface area contributed by atoms with Crippen LogP contribution in [0.25, 0.3) is 11.3 Å². The number of fused-ring (bicyclic) bond motifs is 3. The molecule has 5 heteroatoms. The van der Waals surface area contributed by atoms with Crippen LogP contribution in [0.4, 0.5) is 4.39 Å². The molecule has 0 radical (unpaired) electrons. The van der Waals surface area contributed by atoms with Gasteiger partial charge in [-0.2, -0.15) is 0 Å². The second-order valence-corrected chi connectivity index (χ2v) is 9.70. The summed E-state index contributed by atoms with van der Waals surface area (Å²) < 4.78 is 16.7. The first-order valence-electron chi connectivity index (χ1n) is 10.2. The minimum absolute atomic E-state index is 0.211. The summed E-state index contributed by atoms with van der Waals surface area (Å²) in [6.07, 6.45) is 9.15. The van der Waals surface area contributed by atoms with E-state index >= 15 is 0 Å². The molecule has 0 saturated heterocycles. The van der Waals surface area contributed by atoms with Crippen LogP contribution >= 0.6 is 0 Å². The summed E-state index contributed by atoms with van der Waals surface area (Å²) >= 11 is 0. The lowest BCUT2D eigenvalue weighted by Crippen LogP contribution is -2.59. The monoisotopic (exact) mass is 368 g/mol. The van der Waals surface area contributed by atoms with Crippen LogP contribution in [-0.2, 0) is 0 Å². The number of halogens is 1. The van der Waals surface area contributed by atoms with E-state index in [0.717, 1.165) is 36.9 Å². The molecule has 4 aliphatic carbocycles. The van der Waals surface area contributed by atoms with Gasteiger partial charge in [-0.25, -0.2) is 9.37 Å². The number of imidazole rings is 1. The summed E-state index contributed by atoms with van der Waals surface area (Å²) in [7, 11) is 0. The predicted molar refractivity (Wildman–Crippen MR) is 98.4 cm³/mol. The molecular formula is C22H25FN2O2. The molecule has 4 fully saturated rings. The summed E-state index contributed by atoms with van der Waals surface area (Å²) in [5.41, 5.74) is 1.68. The lowest BCUT2D eigenvalue weighted by atomic mass is 9.46. The Morgan fingerprint density at radius 1 is 1.22 bits per heavy atom. The Bertz CT molecular complexity index is 909. The fourth-order valence-corrected chi connectivity index (χ4v) is 7.37. The number of aromatic nitrogens is 2. The highest BCUT2D eigenvalue weighted by atomic mass is 19.1. The molecule has 2 heterocycles. The van der Waals surface area contributed by atoms with E-state index in [1.165, 1.54) is 12.5 Å². The van der Waals surface area contributed by atoms with Crippen LogP contribution < -0.4 is 0 Å². The van der Waals surface area contributed by atoms with E-state index in [2.05, 4.69) is 4.98 Å². The molecule has 0 amide bonds. The molecule has 4 bridgehead atoms. The first-order valence-corrected chi connectivity index (χ1v) is 10.2. The molecule has 142 valence electrons. The third-order valence-electron chi connectivity index (χ3n) is 7.89. The first kappa shape index (κ1) is 16.3. The van der Waals surface area contributed by atoms with Crippen LogP contribution in [0.15, 0.2) is 30.7 Å². The maximum absolute atomic E-state index is 14.7. The van der Waals surface area contributed by atoms with Crippen molar-refractivity contribution in [3.05, 3.63) is 42.1 Å². The maximum Gasteiger partial charge on any atom is 0.129 e. The van der Waals surface area contributed by atoms with Gasteiger partial charge in [0.25, 0.3) is 0 Å². The Kier molecular flexibility index (Phi) is 3.13. The maximum atomic E-state index is 14.7. The molecule has 2 N–H and O–H groups in total. The summed E-state index contributed by atoms with van der Waals surface area (Å²) in [5, 5.41) is 22.4. The minimum atomic E-state index is -0.593. The normalized spacial score (nSPS) is 39.4. The molecule has 0 spiro atoms. The molecule has 5 aliphatic rings. The second kappa shape index (κ2) is 5.21. The van der Waals surface area contributed by atoms with E-state index in [4.69, 9.17) is 0 Å². The summed E-state index contributed by atoms with van der Waals surface area (Å²) in [6, 6.07) is 4.95. The summed E-state index contributed by atoms with van der Waals surface area (Å²) in [6.45, 7) is 0. The van der Waals surface area contributed by atoms with Gasteiger partial charge in [0, 0.05) is 11.1 Å². The lowest BCUT2D eigenvalue weighted by molar-refractivity contribution is -0.197. The van der Waals surface area contributed by atoms with Crippen molar-refractivity contribution in [3.8, 4) is 11.3 Å². The Morgan fingerprint density at radius 3 is 2.74 bits per heavy atom. The fraction of sp³-hybridized carbons (Fsp3) is 0.591. The number of hydrogen-bond donors (Lipinski definition) is 2. The summed E-state index contributed by atoms with van der Waals surface area (Å²) in [4.78, 5) is 4.25. The topological polar surface area (TPSA) is 58.3 Å². The molecule has 1 aromatic carbocycles. The van der Waals surface area contributed by atoms with E-state index in [0.29, 0.717) is 30.2 Å². The highest BCUT2D eigenvalue weighted by Gasteiger charge is 2.59. The third kappa shape index (κ3) is 2.18. The number of aliphatic hydroxyl groups excluding tert-OH is 1. The van der Waals surface area contributed by atoms with Gasteiger partial charge in [0.15, 0.2) is 0 Å². The zero-order valence-corrected chi connectivity index (χ0v) is 15.3. The largest absolute Gasteiger partial charge is 0.392 e. The number of hydrogen-bond acceptors (Lipinski definition) is 3. The van der Waals surface area contributed by atoms with Crippen molar-refractivity contribution in [3.63, 3.8) is 0 Å². The van der Waals surface area contributed by atoms with Gasteiger partial charge in [-0.15, -0.1) is 0 Å². The van der Waals surface area contributed by atoms with Crippen LogP contribution in [0.5, 0.6) is 0 Å². The van der Waals surface area contributed by atoms with Crippen molar-refractivity contribution in [2.45, 2.75) is 62.7 Å². The van der Waals surface area contributed by atoms with E-state index in [1.54, 1.807) is 18.6 Å². The number of benzene rings is 1. The van der Waals surface area contributed by atoms with Gasteiger partial charge in [0.2, 0.25) is 0 Å². The van der Waals surface area contributed by atoms with Crippen LogP contribution in [0.3, 0.4) is 0 Å². The van der Waals surface area contributed by atoms with Crippen molar-refractivity contribution >= 4 is 0 Å². The van der Waals surface area contributed by atoms with Crippen LogP contribution in [0.1, 0.15) is 56.6 Å². The molecule has 2 unspecified atom stereocenters. The zero-order valence-electron chi connectivity index (χ0n) is 15.3. The van der Waals surface area contributed by atoms with Gasteiger partial charge in [0.05, 0.1) is 36.0 Å². The Balaban J connectivity index is 1.36. The number of aliphatic hydroxyl groups is 2. The number of nitrogens with zero attached hydrogens (tertiary/aromatic N) is 2. The quantitative estimate of drug-likeness (QED) is 0.869. The van der Waals surface area contributed by atoms with E-state index in [-0.39, 0.29) is 17.3 Å². The molecule has 1 aromatic heterocycles. The van der Waals surface area contributed by atoms with Gasteiger partial charge in [-0.05, 0) is 68.3 Å². The van der Waals surface area contributed by atoms with Crippen LogP contribution in [0, 0.1) is 23.1 Å². The highest BCUT2D eigenvalue weighted by Crippen LogP contribution is 2.63. The van der Waals surface area contributed by atoms with Gasteiger partial charge in [0.1, 0.15) is 5.82 Å². The van der Waals surface area contributed by atoms with Crippen molar-refractivity contribution in [2.24, 2.45) is 17.3 Å². The average Bonchev–Trinajstić information content (AvgIpc) is 3.16. The van der Waals surface area contributed by atoms with Gasteiger partial charge in [-0.3, -0.25) is 0 Å². The second-order valence-electron chi connectivity index (χ2n) is 9.70. The van der Waals surface area contributed by atoms with Crippen LogP contribution in [-0.4, -0.2) is 31.5 Å². The van der Waals surface area contributed by atoms with Crippen molar-refractivity contribution in [1.82, 2.24) is 9.55 Å². The lowest BCUT2D eigenvalue weighted by Gasteiger charge is -2.61. The SMILES string of the molecule is O[C@@H](C[C@@H]1c2c(F)cccc2-c2cncn21)C12CC3CC(CC(O)(C3)C1)C2. The highest BCUT2D eigenvalue weighted by molar-refractivity contribution is 5.69. The Hall–Kier alpha value is -1.72. The minimum Gasteiger partial charge on any atom is -0.392 e. The molecule has 7 rings (SSSR count). The average molecular weight is 368 g/mol. The molecule has 4 saturated carbocycles. The zero-order chi connectivity index (χ0) is 18.4. The molecule has 2 aromatic rings. The molecule has 4 atom stereocenters. The van der Waals surface area contributed by atoms with Crippen molar-refractivity contribution < 1.29 is 14.6 Å².